The maximum atomic E-state index is 11.7. The second-order valence-corrected chi connectivity index (χ2v) is 5.93. The molecule has 1 aromatic carbocycles. The molecule has 0 unspecified atom stereocenters. The Morgan fingerprint density at radius 1 is 1.18 bits per heavy atom. The van der Waals surface area contributed by atoms with E-state index in [9.17, 15) is 13.2 Å². The van der Waals surface area contributed by atoms with Crippen LogP contribution in [0.3, 0.4) is 0 Å². The van der Waals surface area contributed by atoms with E-state index < -0.39 is 15.6 Å². The minimum atomic E-state index is -3.43. The number of allylic oxidation sites excluding steroid dienone is 1. The van der Waals surface area contributed by atoms with Crippen LogP contribution in [0.15, 0.2) is 30.3 Å². The van der Waals surface area contributed by atoms with E-state index in [4.69, 9.17) is 5.73 Å². The van der Waals surface area contributed by atoms with Crippen LogP contribution in [-0.4, -0.2) is 26.5 Å². The summed E-state index contributed by atoms with van der Waals surface area (Å²) >= 11 is 0. The third-order valence-corrected chi connectivity index (χ3v) is 4.32. The molecule has 0 bridgehead atoms. The number of sulfone groups is 1. The van der Waals surface area contributed by atoms with Crippen LogP contribution in [0.2, 0.25) is 0 Å². The molecular weight excluding hydrogens is 238 g/mol. The Hall–Kier alpha value is -1.46. The number of hydrogen-bond donors (Lipinski definition) is 1. The maximum Gasteiger partial charge on any atom is 0.186 e. The van der Waals surface area contributed by atoms with Gasteiger partial charge in [0.05, 0.1) is 4.91 Å². The Bertz CT molecular complexity index is 570. The topological polar surface area (TPSA) is 77.2 Å². The fraction of sp³-hybridized carbons (Fsp3) is 0.250. The Balaban J connectivity index is 2.35. The molecule has 2 rings (SSSR count). The largest absolute Gasteiger partial charge is 0.330 e. The summed E-state index contributed by atoms with van der Waals surface area (Å²) in [6, 6.07) is 7.10. The molecule has 0 amide bonds. The molecule has 0 spiro atoms. The van der Waals surface area contributed by atoms with Crippen molar-refractivity contribution in [2.24, 2.45) is 5.73 Å². The van der Waals surface area contributed by atoms with Crippen LogP contribution in [0.4, 0.5) is 0 Å². The zero-order valence-corrected chi connectivity index (χ0v) is 10.0. The molecule has 17 heavy (non-hydrogen) atoms. The predicted octanol–water partition coefficient (Wildman–Crippen LogP) is 0.526. The summed E-state index contributed by atoms with van der Waals surface area (Å²) in [5, 5.41) is 0. The lowest BCUT2D eigenvalue weighted by Crippen LogP contribution is -2.06. The van der Waals surface area contributed by atoms with E-state index in [1.165, 1.54) is 6.08 Å². The fourth-order valence-electron chi connectivity index (χ4n) is 1.81. The highest BCUT2D eigenvalue weighted by atomic mass is 32.2. The second-order valence-electron chi connectivity index (χ2n) is 3.97. The summed E-state index contributed by atoms with van der Waals surface area (Å²) < 4.78 is 23.3. The van der Waals surface area contributed by atoms with Gasteiger partial charge in [-0.15, -0.1) is 0 Å². The van der Waals surface area contributed by atoms with Crippen LogP contribution in [0.25, 0.3) is 4.91 Å². The van der Waals surface area contributed by atoms with Crippen LogP contribution in [0, 0.1) is 0 Å². The Kier molecular flexibility index (Phi) is 3.13. The van der Waals surface area contributed by atoms with Gasteiger partial charge in [-0.1, -0.05) is 24.3 Å². The molecule has 0 aliphatic carbocycles. The molecule has 0 saturated carbocycles. The third kappa shape index (κ3) is 2.45. The second kappa shape index (κ2) is 4.43. The Morgan fingerprint density at radius 2 is 1.82 bits per heavy atom. The zero-order chi connectivity index (χ0) is 12.5. The standard InChI is InChI=1S/C12H13NO3S/c13-6-5-9-1-3-10(4-2-9)12-7-11(14)8-17(12,15)16/h1-4,7H,5-6,8,13H2. The first-order chi connectivity index (χ1) is 8.03. The first-order valence-electron chi connectivity index (χ1n) is 5.29. The van der Waals surface area contributed by atoms with Gasteiger partial charge in [-0.25, -0.2) is 8.42 Å². The molecule has 0 aromatic heterocycles. The minimum Gasteiger partial charge on any atom is -0.330 e. The average molecular weight is 251 g/mol. The summed E-state index contributed by atoms with van der Waals surface area (Å²) in [6.07, 6.45) is 1.96. The normalized spacial score (nSPS) is 18.2. The number of rotatable bonds is 3. The molecule has 5 heteroatoms. The van der Waals surface area contributed by atoms with Gasteiger partial charge in [0, 0.05) is 6.08 Å². The van der Waals surface area contributed by atoms with Crippen molar-refractivity contribution in [3.63, 3.8) is 0 Å². The number of hydrogen-bond acceptors (Lipinski definition) is 4. The Morgan fingerprint density at radius 3 is 2.29 bits per heavy atom. The summed E-state index contributed by atoms with van der Waals surface area (Å²) in [6.45, 7) is 0.554. The third-order valence-electron chi connectivity index (χ3n) is 2.63. The molecule has 2 N–H and O–H groups in total. The molecule has 0 fully saturated rings. The predicted molar refractivity (Wildman–Crippen MR) is 66.0 cm³/mol. The smallest absolute Gasteiger partial charge is 0.186 e. The lowest BCUT2D eigenvalue weighted by atomic mass is 10.1. The maximum absolute atomic E-state index is 11.7. The van der Waals surface area contributed by atoms with E-state index in [1.54, 1.807) is 12.1 Å². The Labute approximate surface area is 100 Å². The van der Waals surface area contributed by atoms with Crippen molar-refractivity contribution < 1.29 is 13.2 Å². The van der Waals surface area contributed by atoms with Crippen LogP contribution in [-0.2, 0) is 21.1 Å². The van der Waals surface area contributed by atoms with Crippen molar-refractivity contribution in [2.75, 3.05) is 12.3 Å². The van der Waals surface area contributed by atoms with Crippen molar-refractivity contribution >= 4 is 20.5 Å². The van der Waals surface area contributed by atoms with E-state index in [-0.39, 0.29) is 10.7 Å². The molecular formula is C12H13NO3S. The molecule has 1 aromatic rings. The quantitative estimate of drug-likeness (QED) is 0.850. The van der Waals surface area contributed by atoms with Crippen LogP contribution < -0.4 is 5.73 Å². The van der Waals surface area contributed by atoms with E-state index in [2.05, 4.69) is 0 Å². The highest BCUT2D eigenvalue weighted by Gasteiger charge is 2.29. The van der Waals surface area contributed by atoms with E-state index in [0.717, 1.165) is 12.0 Å². The number of benzene rings is 1. The van der Waals surface area contributed by atoms with Gasteiger partial charge in [0.2, 0.25) is 0 Å². The molecule has 4 nitrogen and oxygen atoms in total. The van der Waals surface area contributed by atoms with Gasteiger partial charge in [-0.2, -0.15) is 0 Å². The molecule has 0 saturated heterocycles. The molecule has 1 aliphatic heterocycles. The summed E-state index contributed by atoms with van der Waals surface area (Å²) in [5.74, 6) is -0.765. The van der Waals surface area contributed by atoms with Gasteiger partial charge in [0.1, 0.15) is 5.75 Å². The molecule has 0 radical (unpaired) electrons. The number of carbonyl (C=O) groups is 1. The average Bonchev–Trinajstić information content (AvgIpc) is 2.53. The number of carbonyl (C=O) groups excluding carboxylic acids is 1. The summed E-state index contributed by atoms with van der Waals surface area (Å²) in [7, 11) is -3.43. The van der Waals surface area contributed by atoms with E-state index in [0.29, 0.717) is 12.1 Å². The molecule has 1 heterocycles. The van der Waals surface area contributed by atoms with Crippen molar-refractivity contribution in [3.05, 3.63) is 41.5 Å². The highest BCUT2D eigenvalue weighted by molar-refractivity contribution is 8.01. The molecule has 1 aliphatic rings. The lowest BCUT2D eigenvalue weighted by molar-refractivity contribution is -0.112. The van der Waals surface area contributed by atoms with Crippen LogP contribution >= 0.6 is 0 Å². The van der Waals surface area contributed by atoms with Gasteiger partial charge in [0.25, 0.3) is 0 Å². The zero-order valence-electron chi connectivity index (χ0n) is 9.22. The highest BCUT2D eigenvalue weighted by Crippen LogP contribution is 2.26. The van der Waals surface area contributed by atoms with Gasteiger partial charge >= 0.3 is 0 Å². The van der Waals surface area contributed by atoms with Crippen LogP contribution in [0.1, 0.15) is 11.1 Å². The first kappa shape index (κ1) is 12.0. The van der Waals surface area contributed by atoms with E-state index >= 15 is 0 Å². The monoisotopic (exact) mass is 251 g/mol. The van der Waals surface area contributed by atoms with Gasteiger partial charge in [-0.3, -0.25) is 4.79 Å². The lowest BCUT2D eigenvalue weighted by Gasteiger charge is -2.04. The fourth-order valence-corrected chi connectivity index (χ4v) is 3.23. The number of ketones is 1. The number of nitrogens with two attached hydrogens (primary N) is 1. The minimum absolute atomic E-state index is 0.127. The molecule has 0 atom stereocenters. The van der Waals surface area contributed by atoms with Crippen molar-refractivity contribution in [1.82, 2.24) is 0 Å². The van der Waals surface area contributed by atoms with Crippen molar-refractivity contribution in [1.29, 1.82) is 0 Å². The molecule has 90 valence electrons. The van der Waals surface area contributed by atoms with Crippen LogP contribution in [0.5, 0.6) is 0 Å². The van der Waals surface area contributed by atoms with Gasteiger partial charge in [0.15, 0.2) is 15.6 Å². The van der Waals surface area contributed by atoms with Crippen molar-refractivity contribution in [2.45, 2.75) is 6.42 Å². The van der Waals surface area contributed by atoms with Gasteiger partial charge in [-0.05, 0) is 24.1 Å². The van der Waals surface area contributed by atoms with Gasteiger partial charge < -0.3 is 5.73 Å². The van der Waals surface area contributed by atoms with Crippen molar-refractivity contribution in [3.8, 4) is 0 Å². The van der Waals surface area contributed by atoms with E-state index in [1.807, 2.05) is 12.1 Å². The summed E-state index contributed by atoms with van der Waals surface area (Å²) in [5.41, 5.74) is 7.05. The summed E-state index contributed by atoms with van der Waals surface area (Å²) in [4.78, 5) is 11.3. The first-order valence-corrected chi connectivity index (χ1v) is 6.95. The SMILES string of the molecule is NCCc1ccc(C2=CC(=O)CS2(=O)=O)cc1.